The highest BCUT2D eigenvalue weighted by molar-refractivity contribution is 5.90. The number of carbonyl (C=O) groups is 1. The highest BCUT2D eigenvalue weighted by Gasteiger charge is 2.20. The Morgan fingerprint density at radius 3 is 2.42 bits per heavy atom. The molecule has 8 heteroatoms. The number of aryl methyl sites for hydroxylation is 4. The fourth-order valence-electron chi connectivity index (χ4n) is 3.59. The zero-order valence-corrected chi connectivity index (χ0v) is 18.8. The smallest absolute Gasteiger partial charge is 0.264 e. The van der Waals surface area contributed by atoms with Crippen LogP contribution in [0.2, 0.25) is 0 Å². The van der Waals surface area contributed by atoms with Crippen LogP contribution in [0.4, 0.5) is 10.1 Å². The normalized spacial score (nSPS) is 10.9. The third kappa shape index (κ3) is 4.59. The molecule has 0 fully saturated rings. The zero-order valence-electron chi connectivity index (χ0n) is 18.8. The Balaban J connectivity index is 1.64. The Kier molecular flexibility index (Phi) is 5.91. The standard InChI is InChI=1S/C25H23FN4O3/c1-14-5-10-20(12-15(14)2)27-21(31)13-30-17(4)11-16(3)22(25(30)32)24-28-23(29-33-24)18-6-8-19(26)9-7-18/h5-12H,13H2,1-4H3,(H,27,31). The molecule has 0 saturated carbocycles. The topological polar surface area (TPSA) is 90.0 Å². The maximum absolute atomic E-state index is 13.3. The van der Waals surface area contributed by atoms with Crippen LogP contribution in [-0.4, -0.2) is 20.6 Å². The molecule has 2 aromatic heterocycles. The first kappa shape index (κ1) is 22.1. The van der Waals surface area contributed by atoms with E-state index in [-0.39, 0.29) is 35.5 Å². The van der Waals surface area contributed by atoms with E-state index in [1.54, 1.807) is 19.9 Å². The Bertz CT molecular complexity index is 1400. The van der Waals surface area contributed by atoms with Gasteiger partial charge in [-0.05, 0) is 86.8 Å². The number of carbonyl (C=O) groups excluding carboxylic acids is 1. The van der Waals surface area contributed by atoms with Crippen LogP contribution in [-0.2, 0) is 11.3 Å². The van der Waals surface area contributed by atoms with E-state index in [2.05, 4.69) is 15.5 Å². The van der Waals surface area contributed by atoms with Crippen LogP contribution in [0.25, 0.3) is 22.8 Å². The number of hydrogen-bond acceptors (Lipinski definition) is 5. The highest BCUT2D eigenvalue weighted by Crippen LogP contribution is 2.23. The van der Waals surface area contributed by atoms with Crippen molar-refractivity contribution in [1.29, 1.82) is 0 Å². The quantitative estimate of drug-likeness (QED) is 0.485. The number of halogens is 1. The number of aromatic nitrogens is 3. The summed E-state index contributed by atoms with van der Waals surface area (Å²) >= 11 is 0. The van der Waals surface area contributed by atoms with E-state index in [0.29, 0.717) is 22.5 Å². The van der Waals surface area contributed by atoms with E-state index < -0.39 is 5.56 Å². The maximum atomic E-state index is 13.3. The average Bonchev–Trinajstić information content (AvgIpc) is 3.24. The molecule has 0 saturated heterocycles. The lowest BCUT2D eigenvalue weighted by Gasteiger charge is -2.13. The van der Waals surface area contributed by atoms with E-state index in [1.165, 1.54) is 28.8 Å². The molecule has 0 aliphatic rings. The molecule has 0 atom stereocenters. The summed E-state index contributed by atoms with van der Waals surface area (Å²) in [7, 11) is 0. The molecule has 0 radical (unpaired) electrons. The molecule has 33 heavy (non-hydrogen) atoms. The van der Waals surface area contributed by atoms with Gasteiger partial charge in [0.2, 0.25) is 11.7 Å². The summed E-state index contributed by atoms with van der Waals surface area (Å²) in [4.78, 5) is 30.3. The molecule has 2 aromatic carbocycles. The van der Waals surface area contributed by atoms with E-state index in [1.807, 2.05) is 32.0 Å². The van der Waals surface area contributed by atoms with Gasteiger partial charge in [-0.1, -0.05) is 11.2 Å². The highest BCUT2D eigenvalue weighted by atomic mass is 19.1. The van der Waals surface area contributed by atoms with Gasteiger partial charge in [0.15, 0.2) is 0 Å². The molecule has 1 N–H and O–H groups in total. The van der Waals surface area contributed by atoms with E-state index in [0.717, 1.165) is 11.1 Å². The van der Waals surface area contributed by atoms with E-state index in [9.17, 15) is 14.0 Å². The van der Waals surface area contributed by atoms with Crippen LogP contribution in [0.1, 0.15) is 22.4 Å². The molecule has 168 valence electrons. The lowest BCUT2D eigenvalue weighted by atomic mass is 10.1. The molecule has 0 spiro atoms. The number of rotatable bonds is 5. The summed E-state index contributed by atoms with van der Waals surface area (Å²) in [5.74, 6) is -0.418. The third-order valence-electron chi connectivity index (χ3n) is 5.54. The van der Waals surface area contributed by atoms with Gasteiger partial charge in [0.25, 0.3) is 11.4 Å². The van der Waals surface area contributed by atoms with Crippen molar-refractivity contribution in [2.24, 2.45) is 0 Å². The number of nitrogens with zero attached hydrogens (tertiary/aromatic N) is 3. The second-order valence-electron chi connectivity index (χ2n) is 8.01. The first-order chi connectivity index (χ1) is 15.7. The minimum atomic E-state index is -0.406. The van der Waals surface area contributed by atoms with Gasteiger partial charge in [-0.15, -0.1) is 0 Å². The summed E-state index contributed by atoms with van der Waals surface area (Å²) in [5.41, 5.74) is 4.52. The third-order valence-corrected chi connectivity index (χ3v) is 5.54. The van der Waals surface area contributed by atoms with Crippen molar-refractivity contribution in [1.82, 2.24) is 14.7 Å². The summed E-state index contributed by atoms with van der Waals surface area (Å²) < 4.78 is 19.9. The Morgan fingerprint density at radius 1 is 1.00 bits per heavy atom. The zero-order chi connectivity index (χ0) is 23.7. The molecule has 2 heterocycles. The Hall–Kier alpha value is -4.07. The predicted octanol–water partition coefficient (Wildman–Crippen LogP) is 4.58. The first-order valence-electron chi connectivity index (χ1n) is 10.4. The summed E-state index contributed by atoms with van der Waals surface area (Å²) in [5, 5.41) is 6.76. The number of anilines is 1. The summed E-state index contributed by atoms with van der Waals surface area (Å²) in [6.07, 6.45) is 0. The Morgan fingerprint density at radius 2 is 1.73 bits per heavy atom. The number of amides is 1. The van der Waals surface area contributed by atoms with Gasteiger partial charge in [-0.2, -0.15) is 4.98 Å². The maximum Gasteiger partial charge on any atom is 0.264 e. The Labute approximate surface area is 189 Å². The molecule has 7 nitrogen and oxygen atoms in total. The minimum Gasteiger partial charge on any atom is -0.333 e. The largest absolute Gasteiger partial charge is 0.333 e. The van der Waals surface area contributed by atoms with Crippen LogP contribution in [0.5, 0.6) is 0 Å². The van der Waals surface area contributed by atoms with Crippen molar-refractivity contribution >= 4 is 11.6 Å². The van der Waals surface area contributed by atoms with Gasteiger partial charge < -0.3 is 14.4 Å². The van der Waals surface area contributed by atoms with Crippen molar-refractivity contribution < 1.29 is 13.7 Å². The van der Waals surface area contributed by atoms with Crippen LogP contribution in [0.15, 0.2) is 57.8 Å². The van der Waals surface area contributed by atoms with Crippen LogP contribution < -0.4 is 10.9 Å². The van der Waals surface area contributed by atoms with Crippen molar-refractivity contribution in [3.8, 4) is 22.8 Å². The van der Waals surface area contributed by atoms with E-state index >= 15 is 0 Å². The molecular weight excluding hydrogens is 423 g/mol. The van der Waals surface area contributed by atoms with Crippen molar-refractivity contribution in [3.63, 3.8) is 0 Å². The van der Waals surface area contributed by atoms with Gasteiger partial charge in [0.1, 0.15) is 17.9 Å². The molecule has 0 bridgehead atoms. The molecule has 0 unspecified atom stereocenters. The second-order valence-corrected chi connectivity index (χ2v) is 8.01. The fraction of sp³-hybridized carbons (Fsp3) is 0.200. The SMILES string of the molecule is Cc1ccc(NC(=O)Cn2c(C)cc(C)c(-c3nc(-c4ccc(F)cc4)no3)c2=O)cc1C. The van der Waals surface area contributed by atoms with Gasteiger partial charge in [-0.3, -0.25) is 9.59 Å². The molecular formula is C25H23FN4O3. The second kappa shape index (κ2) is 8.82. The predicted molar refractivity (Wildman–Crippen MR) is 123 cm³/mol. The van der Waals surface area contributed by atoms with Crippen molar-refractivity contribution in [2.75, 3.05) is 5.32 Å². The van der Waals surface area contributed by atoms with E-state index in [4.69, 9.17) is 4.52 Å². The van der Waals surface area contributed by atoms with Gasteiger partial charge in [-0.25, -0.2) is 4.39 Å². The van der Waals surface area contributed by atoms with Crippen LogP contribution in [0.3, 0.4) is 0 Å². The van der Waals surface area contributed by atoms with Crippen LogP contribution >= 0.6 is 0 Å². The average molecular weight is 446 g/mol. The number of pyridine rings is 1. The lowest BCUT2D eigenvalue weighted by molar-refractivity contribution is -0.116. The monoisotopic (exact) mass is 446 g/mol. The van der Waals surface area contributed by atoms with Crippen LogP contribution in [0, 0.1) is 33.5 Å². The molecule has 0 aliphatic heterocycles. The summed E-state index contributed by atoms with van der Waals surface area (Å²) in [6.45, 7) is 7.33. The molecule has 0 aliphatic carbocycles. The minimum absolute atomic E-state index is 0.0418. The number of benzene rings is 2. The summed E-state index contributed by atoms with van der Waals surface area (Å²) in [6, 6.07) is 13.1. The van der Waals surface area contributed by atoms with Gasteiger partial charge in [0.05, 0.1) is 0 Å². The number of nitrogens with one attached hydrogen (secondary N) is 1. The molecule has 4 aromatic rings. The van der Waals surface area contributed by atoms with Crippen molar-refractivity contribution in [3.05, 3.63) is 87.1 Å². The molecule has 4 rings (SSSR count). The number of hydrogen-bond donors (Lipinski definition) is 1. The fourth-order valence-corrected chi connectivity index (χ4v) is 3.59. The first-order valence-corrected chi connectivity index (χ1v) is 10.4. The molecule has 1 amide bonds. The van der Waals surface area contributed by atoms with Gasteiger partial charge in [0, 0.05) is 16.9 Å². The lowest BCUT2D eigenvalue weighted by Crippen LogP contribution is -2.30. The van der Waals surface area contributed by atoms with Crippen molar-refractivity contribution in [2.45, 2.75) is 34.2 Å². The van der Waals surface area contributed by atoms with Gasteiger partial charge >= 0.3 is 0 Å².